The maximum absolute atomic E-state index is 12.7. The lowest BCUT2D eigenvalue weighted by molar-refractivity contribution is -0.123. The summed E-state index contributed by atoms with van der Waals surface area (Å²) in [6, 6.07) is 11.6. The smallest absolute Gasteiger partial charge is 0.320 e. The molecule has 0 unspecified atom stereocenters. The minimum absolute atomic E-state index is 0.0326. The van der Waals surface area contributed by atoms with E-state index in [1.54, 1.807) is 18.3 Å². The highest BCUT2D eigenvalue weighted by molar-refractivity contribution is 5.96. The third kappa shape index (κ3) is 6.70. The molecule has 0 bridgehead atoms. The Balaban J connectivity index is 1.67. The molecule has 1 saturated heterocycles. The van der Waals surface area contributed by atoms with Crippen molar-refractivity contribution in [3.05, 3.63) is 54.2 Å². The first-order chi connectivity index (χ1) is 15.0. The highest BCUT2D eigenvalue weighted by Crippen LogP contribution is 2.25. The molecule has 3 rings (SSSR count). The van der Waals surface area contributed by atoms with E-state index in [0.717, 1.165) is 37.3 Å². The third-order valence-corrected chi connectivity index (χ3v) is 5.02. The van der Waals surface area contributed by atoms with Crippen LogP contribution >= 0.6 is 0 Å². The van der Waals surface area contributed by atoms with Crippen molar-refractivity contribution in [1.29, 1.82) is 0 Å². The summed E-state index contributed by atoms with van der Waals surface area (Å²) >= 11 is 0. The number of amides is 4. The van der Waals surface area contributed by atoms with E-state index in [9.17, 15) is 14.4 Å². The number of aromatic nitrogens is 1. The normalized spacial score (nSPS) is 14.0. The van der Waals surface area contributed by atoms with Gasteiger partial charge in [0.15, 0.2) is 5.82 Å². The summed E-state index contributed by atoms with van der Waals surface area (Å²) < 4.78 is 0. The quantitative estimate of drug-likeness (QED) is 0.484. The monoisotopic (exact) mass is 424 g/mol. The maximum atomic E-state index is 12.7. The molecular formula is C22H28N6O3. The van der Waals surface area contributed by atoms with Gasteiger partial charge in [0.25, 0.3) is 0 Å². The highest BCUT2D eigenvalue weighted by Gasteiger charge is 2.23. The minimum Gasteiger partial charge on any atom is -0.370 e. The fourth-order valence-corrected chi connectivity index (χ4v) is 3.48. The molecule has 1 fully saturated rings. The second-order valence-electron chi connectivity index (χ2n) is 7.42. The number of urea groups is 1. The molecule has 9 nitrogen and oxygen atoms in total. The summed E-state index contributed by atoms with van der Waals surface area (Å²) in [7, 11) is 0. The molecular weight excluding hydrogens is 396 g/mol. The molecule has 31 heavy (non-hydrogen) atoms. The van der Waals surface area contributed by atoms with Gasteiger partial charge in [0.05, 0.1) is 5.69 Å². The van der Waals surface area contributed by atoms with E-state index in [1.807, 2.05) is 30.3 Å². The first-order valence-corrected chi connectivity index (χ1v) is 10.4. The van der Waals surface area contributed by atoms with E-state index >= 15 is 0 Å². The number of hydrogen-bond acceptors (Lipinski definition) is 5. The Morgan fingerprint density at radius 1 is 1.06 bits per heavy atom. The molecule has 2 aromatic rings. The Labute approximate surface area is 181 Å². The van der Waals surface area contributed by atoms with Gasteiger partial charge in [0.2, 0.25) is 11.8 Å². The summed E-state index contributed by atoms with van der Waals surface area (Å²) in [6.07, 6.45) is 4.22. The molecule has 2 heterocycles. The number of anilines is 2. The van der Waals surface area contributed by atoms with Crippen LogP contribution in [-0.2, 0) is 16.0 Å². The molecule has 5 N–H and O–H groups in total. The first-order valence-electron chi connectivity index (χ1n) is 10.4. The summed E-state index contributed by atoms with van der Waals surface area (Å²) in [4.78, 5) is 42.9. The lowest BCUT2D eigenvalue weighted by atomic mass is 10.1. The van der Waals surface area contributed by atoms with Crippen molar-refractivity contribution >= 4 is 29.4 Å². The van der Waals surface area contributed by atoms with Crippen molar-refractivity contribution in [2.24, 2.45) is 5.73 Å². The average molecular weight is 425 g/mol. The van der Waals surface area contributed by atoms with Crippen molar-refractivity contribution in [3.63, 3.8) is 0 Å². The predicted octanol–water partition coefficient (Wildman–Crippen LogP) is 1.41. The van der Waals surface area contributed by atoms with Crippen LogP contribution in [0.1, 0.15) is 24.8 Å². The van der Waals surface area contributed by atoms with Gasteiger partial charge in [0.1, 0.15) is 6.04 Å². The largest absolute Gasteiger partial charge is 0.370 e. The Morgan fingerprint density at radius 3 is 2.52 bits per heavy atom. The minimum atomic E-state index is -0.817. The average Bonchev–Trinajstić information content (AvgIpc) is 3.29. The van der Waals surface area contributed by atoms with Gasteiger partial charge in [-0.25, -0.2) is 9.78 Å². The van der Waals surface area contributed by atoms with Crippen molar-refractivity contribution < 1.29 is 14.4 Å². The second-order valence-corrected chi connectivity index (χ2v) is 7.42. The van der Waals surface area contributed by atoms with Crippen molar-refractivity contribution in [2.45, 2.75) is 31.7 Å². The Hall–Kier alpha value is -3.62. The van der Waals surface area contributed by atoms with E-state index < -0.39 is 18.0 Å². The van der Waals surface area contributed by atoms with Crippen molar-refractivity contribution in [3.8, 4) is 0 Å². The number of carbonyl (C=O) groups excluding carboxylic acids is 3. The number of primary amides is 1. The number of pyridine rings is 1. The van der Waals surface area contributed by atoms with Gasteiger partial charge in [-0.3, -0.25) is 9.59 Å². The standard InChI is InChI=1S/C22H28N6O3/c23-19(29)10-12-25-21(30)18(15-16-7-2-1-3-8-16)27-22(31)26-17-9-6-11-24-20(17)28-13-4-5-14-28/h1-3,6-9,11,18H,4-5,10,12-15H2,(H2,23,29)(H,25,30)(H2,26,27,31)/t18-/m1/s1. The summed E-state index contributed by atoms with van der Waals surface area (Å²) in [5.74, 6) is -0.163. The second kappa shape index (κ2) is 11.0. The summed E-state index contributed by atoms with van der Waals surface area (Å²) in [5, 5.41) is 8.23. The van der Waals surface area contributed by atoms with Gasteiger partial charge in [-0.05, 0) is 30.5 Å². The van der Waals surface area contributed by atoms with Gasteiger partial charge in [-0.2, -0.15) is 0 Å². The molecule has 164 valence electrons. The molecule has 0 aliphatic carbocycles. The van der Waals surface area contributed by atoms with Crippen LogP contribution in [0.5, 0.6) is 0 Å². The van der Waals surface area contributed by atoms with Crippen LogP contribution in [-0.4, -0.2) is 48.5 Å². The number of carbonyl (C=O) groups is 3. The number of hydrogen-bond donors (Lipinski definition) is 4. The molecule has 1 aliphatic rings. The molecule has 1 aliphatic heterocycles. The Morgan fingerprint density at radius 2 is 1.81 bits per heavy atom. The van der Waals surface area contributed by atoms with Gasteiger partial charge in [-0.1, -0.05) is 30.3 Å². The molecule has 1 aromatic carbocycles. The van der Waals surface area contributed by atoms with E-state index in [-0.39, 0.29) is 18.9 Å². The van der Waals surface area contributed by atoms with E-state index in [0.29, 0.717) is 12.1 Å². The number of rotatable bonds is 9. The zero-order valence-corrected chi connectivity index (χ0v) is 17.3. The van der Waals surface area contributed by atoms with Crippen LogP contribution < -0.4 is 26.6 Å². The SMILES string of the molecule is NC(=O)CCNC(=O)[C@@H](Cc1ccccc1)NC(=O)Nc1cccnc1N1CCCC1. The lowest BCUT2D eigenvalue weighted by Gasteiger charge is -2.22. The van der Waals surface area contributed by atoms with E-state index in [2.05, 4.69) is 25.8 Å². The molecule has 1 aromatic heterocycles. The van der Waals surface area contributed by atoms with Crippen LogP contribution in [0, 0.1) is 0 Å². The van der Waals surface area contributed by atoms with Gasteiger partial charge in [-0.15, -0.1) is 0 Å². The fourth-order valence-electron chi connectivity index (χ4n) is 3.48. The molecule has 0 saturated carbocycles. The Kier molecular flexibility index (Phi) is 7.80. The lowest BCUT2D eigenvalue weighted by Crippen LogP contribution is -2.49. The molecule has 0 radical (unpaired) electrons. The van der Waals surface area contributed by atoms with Crippen molar-refractivity contribution in [2.75, 3.05) is 29.9 Å². The highest BCUT2D eigenvalue weighted by atomic mass is 16.2. The summed E-state index contributed by atoms with van der Waals surface area (Å²) in [6.45, 7) is 1.91. The van der Waals surface area contributed by atoms with Crippen LogP contribution in [0.25, 0.3) is 0 Å². The number of benzene rings is 1. The van der Waals surface area contributed by atoms with Gasteiger partial charge >= 0.3 is 6.03 Å². The van der Waals surface area contributed by atoms with Crippen LogP contribution in [0.3, 0.4) is 0 Å². The number of nitrogens with one attached hydrogen (secondary N) is 3. The molecule has 0 spiro atoms. The third-order valence-electron chi connectivity index (χ3n) is 5.02. The predicted molar refractivity (Wildman–Crippen MR) is 119 cm³/mol. The van der Waals surface area contributed by atoms with Crippen molar-refractivity contribution in [1.82, 2.24) is 15.6 Å². The van der Waals surface area contributed by atoms with E-state index in [4.69, 9.17) is 5.73 Å². The first kappa shape index (κ1) is 22.1. The number of nitrogens with zero attached hydrogens (tertiary/aromatic N) is 2. The summed E-state index contributed by atoms with van der Waals surface area (Å²) in [5.41, 5.74) is 6.62. The molecule has 4 amide bonds. The van der Waals surface area contributed by atoms with E-state index in [1.165, 1.54) is 0 Å². The molecule has 9 heteroatoms. The van der Waals surface area contributed by atoms with Crippen LogP contribution in [0.15, 0.2) is 48.7 Å². The van der Waals surface area contributed by atoms with Gasteiger partial charge in [0, 0.05) is 38.7 Å². The number of nitrogens with two attached hydrogens (primary N) is 1. The fraction of sp³-hybridized carbons (Fsp3) is 0.364. The topological polar surface area (TPSA) is 129 Å². The molecule has 1 atom stereocenters. The zero-order chi connectivity index (χ0) is 22.1. The Bertz CT molecular complexity index is 899. The zero-order valence-electron chi connectivity index (χ0n) is 17.3. The maximum Gasteiger partial charge on any atom is 0.320 e. The van der Waals surface area contributed by atoms with Crippen LogP contribution in [0.4, 0.5) is 16.3 Å². The van der Waals surface area contributed by atoms with Gasteiger partial charge < -0.3 is 26.6 Å². The van der Waals surface area contributed by atoms with Crippen LogP contribution in [0.2, 0.25) is 0 Å².